The Kier molecular flexibility index (Phi) is 5.45. The van der Waals surface area contributed by atoms with Crippen molar-refractivity contribution in [2.24, 2.45) is 0 Å². The van der Waals surface area contributed by atoms with Crippen molar-refractivity contribution in [3.8, 4) is 5.75 Å². The van der Waals surface area contributed by atoms with Gasteiger partial charge in [0.1, 0.15) is 5.75 Å². The molecule has 0 bridgehead atoms. The van der Waals surface area contributed by atoms with Gasteiger partial charge in [0.25, 0.3) is 0 Å². The zero-order valence-electron chi connectivity index (χ0n) is 12.7. The largest absolute Gasteiger partial charge is 0.478 e. The van der Waals surface area contributed by atoms with Crippen LogP contribution >= 0.6 is 11.6 Å². The Morgan fingerprint density at radius 3 is 2.36 bits per heavy atom. The molecule has 1 atom stereocenters. The van der Waals surface area contributed by atoms with Gasteiger partial charge in [0.15, 0.2) is 6.10 Å². The first-order valence-corrected chi connectivity index (χ1v) is 7.61. The fourth-order valence-electron chi connectivity index (χ4n) is 2.16. The molecule has 3 nitrogen and oxygen atoms in total. The van der Waals surface area contributed by atoms with Crippen molar-refractivity contribution in [3.63, 3.8) is 0 Å². The first kappa shape index (κ1) is 16.4. The van der Waals surface area contributed by atoms with E-state index in [0.29, 0.717) is 17.2 Å². The van der Waals surface area contributed by atoms with Crippen LogP contribution in [0.4, 0.5) is 0 Å². The number of halogens is 1. The first-order chi connectivity index (χ1) is 10.5. The third-order valence-electron chi connectivity index (χ3n) is 3.54. The van der Waals surface area contributed by atoms with E-state index in [9.17, 15) is 9.90 Å². The topological polar surface area (TPSA) is 46.5 Å². The summed E-state index contributed by atoms with van der Waals surface area (Å²) in [7, 11) is 0. The minimum absolute atomic E-state index is 0.320. The minimum atomic E-state index is -0.979. The molecule has 0 aliphatic heterocycles. The maximum atomic E-state index is 11.4. The minimum Gasteiger partial charge on any atom is -0.478 e. The number of carbonyl (C=O) groups is 1. The molecular weight excluding hydrogens is 300 g/mol. The summed E-state index contributed by atoms with van der Waals surface area (Å²) in [5.41, 5.74) is 3.02. The number of hydrogen-bond acceptors (Lipinski definition) is 2. The molecule has 4 heteroatoms. The number of carboxylic acids is 1. The van der Waals surface area contributed by atoms with Crippen LogP contribution in [0.2, 0.25) is 5.02 Å². The molecule has 0 amide bonds. The number of hydrogen-bond donors (Lipinski definition) is 1. The molecule has 2 aromatic carbocycles. The van der Waals surface area contributed by atoms with Crippen LogP contribution in [0.15, 0.2) is 42.5 Å². The van der Waals surface area contributed by atoms with Crippen molar-refractivity contribution in [1.82, 2.24) is 0 Å². The molecule has 0 heterocycles. The van der Waals surface area contributed by atoms with E-state index in [1.807, 2.05) is 31.2 Å². The van der Waals surface area contributed by atoms with Crippen LogP contribution in [0.1, 0.15) is 23.6 Å². The summed E-state index contributed by atoms with van der Waals surface area (Å²) in [6, 6.07) is 13.1. The summed E-state index contributed by atoms with van der Waals surface area (Å²) in [4.78, 5) is 11.4. The molecule has 2 aromatic rings. The van der Waals surface area contributed by atoms with Crippen LogP contribution in [-0.4, -0.2) is 17.2 Å². The van der Waals surface area contributed by atoms with Crippen molar-refractivity contribution in [2.45, 2.75) is 32.8 Å². The number of rotatable bonds is 6. The van der Waals surface area contributed by atoms with Gasteiger partial charge in [-0.3, -0.25) is 0 Å². The molecule has 22 heavy (non-hydrogen) atoms. The third kappa shape index (κ3) is 4.25. The first-order valence-electron chi connectivity index (χ1n) is 7.23. The summed E-state index contributed by atoms with van der Waals surface area (Å²) in [5, 5.41) is 10.0. The number of aliphatic carboxylic acids is 1. The number of ether oxygens (including phenoxy) is 1. The summed E-state index contributed by atoms with van der Waals surface area (Å²) in [5.74, 6) is -0.466. The van der Waals surface area contributed by atoms with Crippen LogP contribution in [0.25, 0.3) is 0 Å². The monoisotopic (exact) mass is 318 g/mol. The van der Waals surface area contributed by atoms with E-state index < -0.39 is 12.1 Å². The lowest BCUT2D eigenvalue weighted by Crippen LogP contribution is -2.29. The zero-order valence-corrected chi connectivity index (χ0v) is 13.4. The third-order valence-corrected chi connectivity index (χ3v) is 3.96. The van der Waals surface area contributed by atoms with Crippen molar-refractivity contribution in [1.29, 1.82) is 0 Å². The summed E-state index contributed by atoms with van der Waals surface area (Å²) in [6.45, 7) is 3.94. The predicted molar refractivity (Wildman–Crippen MR) is 87.8 cm³/mol. The Labute approximate surface area is 135 Å². The highest BCUT2D eigenvalue weighted by molar-refractivity contribution is 6.31. The van der Waals surface area contributed by atoms with Gasteiger partial charge in [0, 0.05) is 11.4 Å². The van der Waals surface area contributed by atoms with Gasteiger partial charge in [-0.1, -0.05) is 42.8 Å². The average molecular weight is 319 g/mol. The highest BCUT2D eigenvalue weighted by Gasteiger charge is 2.20. The van der Waals surface area contributed by atoms with Crippen LogP contribution < -0.4 is 4.74 Å². The lowest BCUT2D eigenvalue weighted by molar-refractivity contribution is -0.145. The molecule has 0 radical (unpaired) electrons. The second-order valence-electron chi connectivity index (χ2n) is 5.23. The molecule has 116 valence electrons. The Morgan fingerprint density at radius 2 is 1.82 bits per heavy atom. The number of carboxylic acid groups (broad SMARTS) is 1. The Hall–Kier alpha value is -2.00. The lowest BCUT2D eigenvalue weighted by Gasteiger charge is -2.16. The van der Waals surface area contributed by atoms with E-state index in [4.69, 9.17) is 16.3 Å². The summed E-state index contributed by atoms with van der Waals surface area (Å²) in [6.07, 6.45) is 0.359. The van der Waals surface area contributed by atoms with Gasteiger partial charge in [0.05, 0.1) is 0 Å². The highest BCUT2D eigenvalue weighted by Crippen LogP contribution is 2.22. The maximum absolute atomic E-state index is 11.4. The van der Waals surface area contributed by atoms with E-state index in [1.54, 1.807) is 18.2 Å². The summed E-state index contributed by atoms with van der Waals surface area (Å²) >= 11 is 5.97. The number of benzene rings is 2. The van der Waals surface area contributed by atoms with Crippen LogP contribution in [0.5, 0.6) is 5.75 Å². The van der Waals surface area contributed by atoms with Gasteiger partial charge in [-0.2, -0.15) is 0 Å². The van der Waals surface area contributed by atoms with Crippen molar-refractivity contribution >= 4 is 17.6 Å². The molecule has 2 rings (SSSR count). The normalized spacial score (nSPS) is 12.0. The fourth-order valence-corrected chi connectivity index (χ4v) is 2.28. The molecule has 0 aliphatic rings. The van der Waals surface area contributed by atoms with E-state index in [2.05, 4.69) is 6.92 Å². The van der Waals surface area contributed by atoms with Gasteiger partial charge in [-0.25, -0.2) is 4.79 Å². The lowest BCUT2D eigenvalue weighted by atomic mass is 10.0. The van der Waals surface area contributed by atoms with Crippen molar-refractivity contribution < 1.29 is 14.6 Å². The SMILES string of the molecule is CCc1ccc(C[C@@H](Oc2ccc(Cl)c(C)c2)C(=O)O)cc1. The van der Waals surface area contributed by atoms with Gasteiger partial charge >= 0.3 is 5.97 Å². The van der Waals surface area contributed by atoms with E-state index >= 15 is 0 Å². The second kappa shape index (κ2) is 7.32. The molecule has 0 aliphatic carbocycles. The van der Waals surface area contributed by atoms with Crippen molar-refractivity contribution in [2.75, 3.05) is 0 Å². The maximum Gasteiger partial charge on any atom is 0.345 e. The van der Waals surface area contributed by atoms with Crippen LogP contribution in [-0.2, 0) is 17.6 Å². The number of aryl methyl sites for hydroxylation is 2. The Balaban J connectivity index is 2.12. The van der Waals surface area contributed by atoms with Crippen LogP contribution in [0.3, 0.4) is 0 Å². The molecule has 0 spiro atoms. The zero-order chi connectivity index (χ0) is 16.1. The van der Waals surface area contributed by atoms with E-state index in [0.717, 1.165) is 17.5 Å². The van der Waals surface area contributed by atoms with Gasteiger partial charge < -0.3 is 9.84 Å². The standard InChI is InChI=1S/C18H19ClO3/c1-3-13-4-6-14(7-5-13)11-17(18(20)21)22-15-8-9-16(19)12(2)10-15/h4-10,17H,3,11H2,1-2H3,(H,20,21)/t17-/m1/s1. The van der Waals surface area contributed by atoms with E-state index in [1.165, 1.54) is 5.56 Å². The van der Waals surface area contributed by atoms with Crippen molar-refractivity contribution in [3.05, 3.63) is 64.2 Å². The molecule has 0 fully saturated rings. The van der Waals surface area contributed by atoms with Crippen LogP contribution in [0, 0.1) is 6.92 Å². The van der Waals surface area contributed by atoms with Gasteiger partial charge in [0.2, 0.25) is 0 Å². The van der Waals surface area contributed by atoms with Gasteiger partial charge in [-0.15, -0.1) is 0 Å². The molecular formula is C18H19ClO3. The summed E-state index contributed by atoms with van der Waals surface area (Å²) < 4.78 is 5.61. The fraction of sp³-hybridized carbons (Fsp3) is 0.278. The highest BCUT2D eigenvalue weighted by atomic mass is 35.5. The Bertz CT molecular complexity index is 650. The smallest absolute Gasteiger partial charge is 0.345 e. The molecule has 0 saturated heterocycles. The quantitative estimate of drug-likeness (QED) is 0.864. The average Bonchev–Trinajstić information content (AvgIpc) is 2.51. The predicted octanol–water partition coefficient (Wildman–Crippen LogP) is 4.29. The molecule has 1 N–H and O–H groups in total. The Morgan fingerprint density at radius 1 is 1.18 bits per heavy atom. The van der Waals surface area contributed by atoms with Gasteiger partial charge in [-0.05, 0) is 48.2 Å². The molecule has 0 unspecified atom stereocenters. The van der Waals surface area contributed by atoms with E-state index in [-0.39, 0.29) is 0 Å². The molecule has 0 saturated carbocycles. The second-order valence-corrected chi connectivity index (χ2v) is 5.64. The molecule has 0 aromatic heterocycles.